The first kappa shape index (κ1) is 14.8. The normalized spacial score (nSPS) is 15.2. The van der Waals surface area contributed by atoms with E-state index in [2.05, 4.69) is 23.9 Å². The molecule has 0 aliphatic carbocycles. The van der Waals surface area contributed by atoms with E-state index >= 15 is 0 Å². The highest BCUT2D eigenvalue weighted by molar-refractivity contribution is 5.93. The summed E-state index contributed by atoms with van der Waals surface area (Å²) in [7, 11) is 2.07. The molecule has 0 saturated carbocycles. The number of carbonyl (C=O) groups excluding carboxylic acids is 1. The highest BCUT2D eigenvalue weighted by Crippen LogP contribution is 2.17. The Morgan fingerprint density at radius 2 is 2.10 bits per heavy atom. The fraction of sp³-hybridized carbons (Fsp3) is 0.625. The second-order valence-electron chi connectivity index (χ2n) is 5.53. The van der Waals surface area contributed by atoms with Gasteiger partial charge in [-0.3, -0.25) is 9.78 Å². The van der Waals surface area contributed by atoms with E-state index in [1.54, 1.807) is 6.20 Å². The zero-order chi connectivity index (χ0) is 14.4. The fourth-order valence-corrected chi connectivity index (χ4v) is 2.56. The quantitative estimate of drug-likeness (QED) is 0.829. The van der Waals surface area contributed by atoms with Crippen LogP contribution in [0.3, 0.4) is 0 Å². The zero-order valence-corrected chi connectivity index (χ0v) is 12.6. The van der Waals surface area contributed by atoms with Gasteiger partial charge >= 0.3 is 0 Å². The number of hydrogen-bond acceptors (Lipinski definition) is 3. The summed E-state index contributed by atoms with van der Waals surface area (Å²) in [6, 6.07) is 3.90. The topological polar surface area (TPSA) is 36.4 Å². The van der Waals surface area contributed by atoms with Crippen LogP contribution in [0.25, 0.3) is 0 Å². The lowest BCUT2D eigenvalue weighted by Crippen LogP contribution is -2.36. The van der Waals surface area contributed by atoms with Crippen molar-refractivity contribution in [2.24, 2.45) is 0 Å². The van der Waals surface area contributed by atoms with Crippen molar-refractivity contribution in [1.82, 2.24) is 9.88 Å². The van der Waals surface area contributed by atoms with Crippen molar-refractivity contribution in [2.75, 3.05) is 31.6 Å². The van der Waals surface area contributed by atoms with Gasteiger partial charge in [0.1, 0.15) is 5.69 Å². The van der Waals surface area contributed by atoms with Crippen LogP contribution >= 0.6 is 0 Å². The number of piperidine rings is 1. The molecule has 2 rings (SSSR count). The van der Waals surface area contributed by atoms with Gasteiger partial charge in [0.25, 0.3) is 5.91 Å². The Bertz CT molecular complexity index is 441. The van der Waals surface area contributed by atoms with E-state index in [1.807, 2.05) is 17.0 Å². The molecule has 1 amide bonds. The molecule has 110 valence electrons. The number of nitrogens with zero attached hydrogens (tertiary/aromatic N) is 3. The number of pyridine rings is 1. The number of unbranched alkanes of at least 4 members (excludes halogenated alkanes) is 1. The first-order valence-electron chi connectivity index (χ1n) is 7.69. The Labute approximate surface area is 121 Å². The summed E-state index contributed by atoms with van der Waals surface area (Å²) in [6.07, 6.45) is 7.54. The number of amides is 1. The Balaban J connectivity index is 2.06. The van der Waals surface area contributed by atoms with E-state index in [1.165, 1.54) is 12.8 Å². The number of anilines is 1. The van der Waals surface area contributed by atoms with Gasteiger partial charge in [-0.2, -0.15) is 0 Å². The molecular formula is C16H25N3O. The third-order valence-corrected chi connectivity index (χ3v) is 3.89. The molecule has 0 unspecified atom stereocenters. The van der Waals surface area contributed by atoms with Gasteiger partial charge in [-0.15, -0.1) is 0 Å². The minimum absolute atomic E-state index is 0.0791. The van der Waals surface area contributed by atoms with Gasteiger partial charge < -0.3 is 9.80 Å². The SMILES string of the molecule is CCCCN(C)c1ccnc(C(=O)N2CCCCC2)c1. The second kappa shape index (κ2) is 7.27. The molecule has 0 N–H and O–H groups in total. The van der Waals surface area contributed by atoms with Crippen molar-refractivity contribution < 1.29 is 4.79 Å². The van der Waals surface area contributed by atoms with E-state index in [9.17, 15) is 4.79 Å². The predicted octanol–water partition coefficient (Wildman–Crippen LogP) is 2.94. The summed E-state index contributed by atoms with van der Waals surface area (Å²) in [4.78, 5) is 20.8. The summed E-state index contributed by atoms with van der Waals surface area (Å²) in [5.74, 6) is 0.0791. The number of likely N-dealkylation sites (tertiary alicyclic amines) is 1. The van der Waals surface area contributed by atoms with E-state index in [-0.39, 0.29) is 5.91 Å². The van der Waals surface area contributed by atoms with Gasteiger partial charge in [0.15, 0.2) is 0 Å². The van der Waals surface area contributed by atoms with Gasteiger partial charge in [-0.1, -0.05) is 13.3 Å². The monoisotopic (exact) mass is 275 g/mol. The molecule has 2 heterocycles. The summed E-state index contributed by atoms with van der Waals surface area (Å²) in [5, 5.41) is 0. The molecule has 4 nitrogen and oxygen atoms in total. The lowest BCUT2D eigenvalue weighted by atomic mass is 10.1. The maximum Gasteiger partial charge on any atom is 0.272 e. The molecule has 20 heavy (non-hydrogen) atoms. The second-order valence-corrected chi connectivity index (χ2v) is 5.53. The molecule has 0 bridgehead atoms. The third-order valence-electron chi connectivity index (χ3n) is 3.89. The lowest BCUT2D eigenvalue weighted by molar-refractivity contribution is 0.0718. The van der Waals surface area contributed by atoms with E-state index in [4.69, 9.17) is 0 Å². The molecule has 1 saturated heterocycles. The average Bonchev–Trinajstić information content (AvgIpc) is 2.52. The van der Waals surface area contributed by atoms with Crippen LogP contribution in [0, 0.1) is 0 Å². The lowest BCUT2D eigenvalue weighted by Gasteiger charge is -2.26. The van der Waals surface area contributed by atoms with Crippen LogP contribution in [-0.2, 0) is 0 Å². The van der Waals surface area contributed by atoms with Crippen molar-refractivity contribution in [3.05, 3.63) is 24.0 Å². The van der Waals surface area contributed by atoms with Crippen molar-refractivity contribution in [2.45, 2.75) is 39.0 Å². The molecule has 4 heteroatoms. The maximum absolute atomic E-state index is 12.4. The van der Waals surface area contributed by atoms with Gasteiger partial charge in [0.2, 0.25) is 0 Å². The number of rotatable bonds is 5. The van der Waals surface area contributed by atoms with Crippen LogP contribution in [0.4, 0.5) is 5.69 Å². The third kappa shape index (κ3) is 3.71. The van der Waals surface area contributed by atoms with Crippen LogP contribution in [-0.4, -0.2) is 42.5 Å². The van der Waals surface area contributed by atoms with Crippen LogP contribution in [0.2, 0.25) is 0 Å². The predicted molar refractivity (Wildman–Crippen MR) is 82.2 cm³/mol. The van der Waals surface area contributed by atoms with Gasteiger partial charge in [0, 0.05) is 38.6 Å². The first-order chi connectivity index (χ1) is 9.72. The fourth-order valence-electron chi connectivity index (χ4n) is 2.56. The van der Waals surface area contributed by atoms with E-state index in [0.717, 1.165) is 44.6 Å². The minimum Gasteiger partial charge on any atom is -0.374 e. The number of hydrogen-bond donors (Lipinski definition) is 0. The maximum atomic E-state index is 12.4. The van der Waals surface area contributed by atoms with Crippen molar-refractivity contribution in [1.29, 1.82) is 0 Å². The average molecular weight is 275 g/mol. The minimum atomic E-state index is 0.0791. The van der Waals surface area contributed by atoms with Crippen LogP contribution in [0.15, 0.2) is 18.3 Å². The van der Waals surface area contributed by atoms with Crippen LogP contribution in [0.5, 0.6) is 0 Å². The molecule has 1 aromatic rings. The largest absolute Gasteiger partial charge is 0.374 e. The van der Waals surface area contributed by atoms with Crippen molar-refractivity contribution in [3.8, 4) is 0 Å². The van der Waals surface area contributed by atoms with Gasteiger partial charge in [-0.05, 0) is 37.8 Å². The molecule has 1 fully saturated rings. The summed E-state index contributed by atoms with van der Waals surface area (Å²) >= 11 is 0. The molecule has 1 aliphatic rings. The molecule has 0 spiro atoms. The Morgan fingerprint density at radius 1 is 1.35 bits per heavy atom. The Hall–Kier alpha value is -1.58. The van der Waals surface area contributed by atoms with Crippen molar-refractivity contribution in [3.63, 3.8) is 0 Å². The van der Waals surface area contributed by atoms with Gasteiger partial charge in [-0.25, -0.2) is 0 Å². The molecular weight excluding hydrogens is 250 g/mol. The smallest absolute Gasteiger partial charge is 0.272 e. The number of carbonyl (C=O) groups is 1. The van der Waals surface area contributed by atoms with Crippen LogP contribution in [0.1, 0.15) is 49.5 Å². The molecule has 1 aromatic heterocycles. The standard InChI is InChI=1S/C16H25N3O/c1-3-4-10-18(2)14-8-9-17-15(13-14)16(20)19-11-6-5-7-12-19/h8-9,13H,3-7,10-12H2,1-2H3. The summed E-state index contributed by atoms with van der Waals surface area (Å²) in [6.45, 7) is 4.94. The molecule has 0 atom stereocenters. The first-order valence-corrected chi connectivity index (χ1v) is 7.69. The van der Waals surface area contributed by atoms with Gasteiger partial charge in [0.05, 0.1) is 0 Å². The Kier molecular flexibility index (Phi) is 5.39. The van der Waals surface area contributed by atoms with E-state index < -0.39 is 0 Å². The molecule has 0 aromatic carbocycles. The highest BCUT2D eigenvalue weighted by Gasteiger charge is 2.19. The molecule has 0 radical (unpaired) electrons. The summed E-state index contributed by atoms with van der Waals surface area (Å²) < 4.78 is 0. The Morgan fingerprint density at radius 3 is 2.80 bits per heavy atom. The van der Waals surface area contributed by atoms with Crippen molar-refractivity contribution >= 4 is 11.6 Å². The number of aromatic nitrogens is 1. The zero-order valence-electron chi connectivity index (χ0n) is 12.6. The summed E-state index contributed by atoms with van der Waals surface area (Å²) in [5.41, 5.74) is 1.65. The molecule has 1 aliphatic heterocycles. The van der Waals surface area contributed by atoms with Crippen LogP contribution < -0.4 is 4.90 Å². The van der Waals surface area contributed by atoms with E-state index in [0.29, 0.717) is 5.69 Å². The highest BCUT2D eigenvalue weighted by atomic mass is 16.2.